The van der Waals surface area contributed by atoms with Crippen molar-refractivity contribution < 1.29 is 4.92 Å². The van der Waals surface area contributed by atoms with E-state index in [1.54, 1.807) is 40.3 Å². The largest absolute Gasteiger partial charge is 0.339 e. The number of anilines is 2. The van der Waals surface area contributed by atoms with Crippen molar-refractivity contribution in [2.75, 3.05) is 17.2 Å². The molecule has 0 saturated heterocycles. The maximum atomic E-state index is 11.0. The molecule has 3 heterocycles. The van der Waals surface area contributed by atoms with Crippen LogP contribution in [0.2, 0.25) is 0 Å². The van der Waals surface area contributed by atoms with Gasteiger partial charge in [0.2, 0.25) is 5.16 Å². The van der Waals surface area contributed by atoms with Gasteiger partial charge in [0, 0.05) is 40.6 Å². The van der Waals surface area contributed by atoms with Crippen molar-refractivity contribution in [2.45, 2.75) is 21.4 Å². The Balaban J connectivity index is 1.28. The number of para-hydroxylation sites is 2. The molecule has 0 radical (unpaired) electrons. The second-order valence-corrected chi connectivity index (χ2v) is 9.82. The molecular weight excluding hydrogens is 468 g/mol. The van der Waals surface area contributed by atoms with Gasteiger partial charge in [-0.25, -0.2) is 0 Å². The van der Waals surface area contributed by atoms with Gasteiger partial charge in [0.1, 0.15) is 0 Å². The lowest BCUT2D eigenvalue weighted by Crippen LogP contribution is -2.24. The molecule has 10 heteroatoms. The average molecular weight is 487 g/mol. The lowest BCUT2D eigenvalue weighted by atomic mass is 10.1. The Labute approximate surface area is 203 Å². The summed E-state index contributed by atoms with van der Waals surface area (Å²) >= 11 is 3.36. The number of hydrogen-bond acceptors (Lipinski definition) is 8. The van der Waals surface area contributed by atoms with Crippen LogP contribution in [0.1, 0.15) is 11.4 Å². The van der Waals surface area contributed by atoms with Crippen molar-refractivity contribution in [3.63, 3.8) is 0 Å². The van der Waals surface area contributed by atoms with Gasteiger partial charge in [-0.15, -0.1) is 10.2 Å². The van der Waals surface area contributed by atoms with E-state index in [4.69, 9.17) is 5.10 Å². The van der Waals surface area contributed by atoms with Gasteiger partial charge in [0.15, 0.2) is 5.82 Å². The molecule has 1 aromatic heterocycles. The van der Waals surface area contributed by atoms with Crippen LogP contribution >= 0.6 is 23.5 Å². The average Bonchev–Trinajstić information content (AvgIpc) is 3.29. The van der Waals surface area contributed by atoms with Crippen LogP contribution in [-0.4, -0.2) is 37.8 Å². The summed E-state index contributed by atoms with van der Waals surface area (Å²) in [5, 5.41) is 25.3. The summed E-state index contributed by atoms with van der Waals surface area (Å²) in [6, 6.07) is 23.4. The Bertz CT molecular complexity index is 1390. The second-order valence-electron chi connectivity index (χ2n) is 7.79. The van der Waals surface area contributed by atoms with E-state index in [1.807, 2.05) is 0 Å². The van der Waals surface area contributed by atoms with Crippen molar-refractivity contribution in [3.05, 3.63) is 94.3 Å². The van der Waals surface area contributed by atoms with Crippen LogP contribution in [0, 0.1) is 10.1 Å². The molecule has 0 fully saturated rings. The number of nitrogens with zero attached hydrogens (tertiary/aromatic N) is 6. The van der Waals surface area contributed by atoms with E-state index in [0.29, 0.717) is 12.2 Å². The highest BCUT2D eigenvalue weighted by Crippen LogP contribution is 2.47. The highest BCUT2D eigenvalue weighted by atomic mass is 32.2. The standard InChI is InChI=1S/C24H18N6O2S2/c31-30(32)17-11-9-16(10-12-17)18-15-33-24-26-25-23(29(24)27-18)13-14-28-19-5-1-3-7-21(19)34-22-8-4-2-6-20(22)28/h1-12H,13-15H2. The molecule has 0 N–H and O–H groups in total. The quantitative estimate of drug-likeness (QED) is 0.276. The fourth-order valence-corrected chi connectivity index (χ4v) is 6.03. The van der Waals surface area contributed by atoms with Crippen molar-refractivity contribution >= 4 is 46.3 Å². The van der Waals surface area contributed by atoms with Crippen molar-refractivity contribution in [1.29, 1.82) is 0 Å². The Kier molecular flexibility index (Phi) is 5.31. The molecule has 168 valence electrons. The predicted molar refractivity (Wildman–Crippen MR) is 133 cm³/mol. The van der Waals surface area contributed by atoms with Gasteiger partial charge >= 0.3 is 0 Å². The zero-order valence-corrected chi connectivity index (χ0v) is 19.5. The highest BCUT2D eigenvalue weighted by Gasteiger charge is 2.25. The van der Waals surface area contributed by atoms with Crippen molar-refractivity contribution in [2.24, 2.45) is 5.10 Å². The number of thioether (sulfide) groups is 1. The van der Waals surface area contributed by atoms with Gasteiger partial charge in [0.05, 0.1) is 22.0 Å². The Hall–Kier alpha value is -3.63. The molecule has 0 bridgehead atoms. The third-order valence-corrected chi connectivity index (χ3v) is 7.80. The smallest absolute Gasteiger partial charge is 0.269 e. The summed E-state index contributed by atoms with van der Waals surface area (Å²) in [5.74, 6) is 1.43. The zero-order valence-electron chi connectivity index (χ0n) is 17.9. The summed E-state index contributed by atoms with van der Waals surface area (Å²) in [6.07, 6.45) is 0.665. The molecule has 2 aliphatic rings. The van der Waals surface area contributed by atoms with Crippen molar-refractivity contribution in [3.8, 4) is 0 Å². The number of aromatic nitrogens is 3. The molecule has 0 aliphatic carbocycles. The monoisotopic (exact) mass is 486 g/mol. The van der Waals surface area contributed by atoms with E-state index in [1.165, 1.54) is 33.3 Å². The number of nitro benzene ring substituents is 1. The van der Waals surface area contributed by atoms with Gasteiger partial charge in [-0.2, -0.15) is 9.78 Å². The SMILES string of the molecule is O=[N+]([O-])c1ccc(C2=Nn3c(CCN4c5ccccc5Sc5ccccc54)nnc3SC2)cc1. The first kappa shape index (κ1) is 20.9. The van der Waals surface area contributed by atoms with E-state index < -0.39 is 4.92 Å². The van der Waals surface area contributed by atoms with Crippen LogP contribution < -0.4 is 4.90 Å². The summed E-state index contributed by atoms with van der Waals surface area (Å²) < 4.78 is 1.81. The van der Waals surface area contributed by atoms with Crippen LogP contribution in [0.5, 0.6) is 0 Å². The lowest BCUT2D eigenvalue weighted by Gasteiger charge is -2.32. The molecule has 0 spiro atoms. The Morgan fingerprint density at radius 1 is 0.912 bits per heavy atom. The van der Waals surface area contributed by atoms with E-state index in [-0.39, 0.29) is 5.69 Å². The third-order valence-electron chi connectivity index (χ3n) is 5.74. The Morgan fingerprint density at radius 3 is 2.26 bits per heavy atom. The second kappa shape index (κ2) is 8.62. The van der Waals surface area contributed by atoms with E-state index >= 15 is 0 Å². The van der Waals surface area contributed by atoms with Crippen LogP contribution in [0.4, 0.5) is 17.1 Å². The minimum absolute atomic E-state index is 0.0683. The Morgan fingerprint density at radius 2 is 1.59 bits per heavy atom. The third kappa shape index (κ3) is 3.74. The fraction of sp³-hybridized carbons (Fsp3) is 0.125. The summed E-state index contributed by atoms with van der Waals surface area (Å²) in [4.78, 5) is 15.4. The van der Waals surface area contributed by atoms with Gasteiger partial charge in [-0.05, 0) is 42.0 Å². The molecule has 0 saturated carbocycles. The molecule has 6 rings (SSSR count). The molecule has 2 aliphatic heterocycles. The van der Waals surface area contributed by atoms with E-state index in [9.17, 15) is 10.1 Å². The number of hydrogen-bond donors (Lipinski definition) is 0. The van der Waals surface area contributed by atoms with Gasteiger partial charge < -0.3 is 4.90 Å². The first-order chi connectivity index (χ1) is 16.7. The van der Waals surface area contributed by atoms with Crippen LogP contribution in [0.15, 0.2) is 92.8 Å². The molecule has 4 aromatic rings. The molecule has 0 unspecified atom stereocenters. The highest BCUT2D eigenvalue weighted by molar-refractivity contribution is 8.00. The first-order valence-electron chi connectivity index (χ1n) is 10.7. The van der Waals surface area contributed by atoms with Crippen LogP contribution in [-0.2, 0) is 6.42 Å². The van der Waals surface area contributed by atoms with Gasteiger partial charge in [-0.3, -0.25) is 10.1 Å². The summed E-state index contributed by atoms with van der Waals surface area (Å²) in [7, 11) is 0. The van der Waals surface area contributed by atoms with Crippen molar-refractivity contribution in [1.82, 2.24) is 14.9 Å². The van der Waals surface area contributed by atoms with Gasteiger partial charge in [0.25, 0.3) is 5.69 Å². The molecule has 34 heavy (non-hydrogen) atoms. The minimum Gasteiger partial charge on any atom is -0.339 e. The summed E-state index contributed by atoms with van der Waals surface area (Å²) in [5.41, 5.74) is 4.15. The van der Waals surface area contributed by atoms with E-state index in [0.717, 1.165) is 28.8 Å². The number of rotatable bonds is 5. The molecule has 8 nitrogen and oxygen atoms in total. The maximum absolute atomic E-state index is 11.0. The number of benzene rings is 3. The van der Waals surface area contributed by atoms with Crippen LogP contribution in [0.3, 0.4) is 0 Å². The van der Waals surface area contributed by atoms with Crippen LogP contribution in [0.25, 0.3) is 0 Å². The number of fused-ring (bicyclic) bond motifs is 3. The number of nitro groups is 1. The lowest BCUT2D eigenvalue weighted by molar-refractivity contribution is -0.384. The molecule has 0 atom stereocenters. The minimum atomic E-state index is -0.396. The zero-order chi connectivity index (χ0) is 23.1. The first-order valence-corrected chi connectivity index (χ1v) is 12.5. The molecular formula is C24H18N6O2S2. The fourth-order valence-electron chi connectivity index (χ4n) is 4.07. The predicted octanol–water partition coefficient (Wildman–Crippen LogP) is 5.39. The normalized spacial score (nSPS) is 14.1. The molecule has 0 amide bonds. The number of non-ortho nitro benzene ring substituents is 1. The van der Waals surface area contributed by atoms with E-state index in [2.05, 4.69) is 63.6 Å². The maximum Gasteiger partial charge on any atom is 0.269 e. The molecule has 3 aromatic carbocycles. The topological polar surface area (TPSA) is 89.5 Å². The van der Waals surface area contributed by atoms with Gasteiger partial charge in [-0.1, -0.05) is 47.8 Å². The summed E-state index contributed by atoms with van der Waals surface area (Å²) in [6.45, 7) is 0.736.